The average Bonchev–Trinajstić information content (AvgIpc) is 2.29. The molecule has 18 heavy (non-hydrogen) atoms. The third kappa shape index (κ3) is 2.77. The Morgan fingerprint density at radius 1 is 1.17 bits per heavy atom. The van der Waals surface area contributed by atoms with E-state index in [1.807, 2.05) is 0 Å². The summed E-state index contributed by atoms with van der Waals surface area (Å²) in [6, 6.07) is 3.83. The summed E-state index contributed by atoms with van der Waals surface area (Å²) in [4.78, 5) is 12.9. The van der Waals surface area contributed by atoms with Crippen LogP contribution in [0.25, 0.3) is 0 Å². The van der Waals surface area contributed by atoms with Gasteiger partial charge < -0.3 is 4.90 Å². The molecule has 1 saturated heterocycles. The highest BCUT2D eigenvalue weighted by Gasteiger charge is 2.34. The van der Waals surface area contributed by atoms with Gasteiger partial charge in [-0.25, -0.2) is 0 Å². The van der Waals surface area contributed by atoms with Gasteiger partial charge in [0.2, 0.25) is 0 Å². The van der Waals surface area contributed by atoms with Crippen molar-refractivity contribution in [1.29, 1.82) is 0 Å². The minimum absolute atomic E-state index is 0.149. The summed E-state index contributed by atoms with van der Waals surface area (Å²) < 4.78 is 38.1. The number of halogens is 4. The first-order chi connectivity index (χ1) is 8.38. The highest BCUT2D eigenvalue weighted by atomic mass is 35.5. The number of carbonyl (C=O) groups is 1. The lowest BCUT2D eigenvalue weighted by molar-refractivity contribution is -0.137. The molecule has 0 saturated carbocycles. The van der Waals surface area contributed by atoms with Crippen molar-refractivity contribution in [2.75, 3.05) is 18.0 Å². The third-order valence-electron chi connectivity index (χ3n) is 2.94. The molecule has 0 unspecified atom stereocenters. The molecule has 0 bridgehead atoms. The summed E-state index contributed by atoms with van der Waals surface area (Å²) in [6.07, 6.45) is -3.70. The first kappa shape index (κ1) is 13.2. The normalized spacial score (nSPS) is 17.1. The standard InChI is InChI=1S/C12H11ClF3NO/c13-11-2-1-8(7-10(11)12(14,15)16)17-5-3-9(18)4-6-17/h1-2,7H,3-6H2. The monoisotopic (exact) mass is 277 g/mol. The quantitative estimate of drug-likeness (QED) is 0.783. The number of Topliss-reactive ketones (excluding diaryl/α,β-unsaturated/α-hetero) is 1. The molecule has 0 aliphatic carbocycles. The van der Waals surface area contributed by atoms with Crippen molar-refractivity contribution in [1.82, 2.24) is 0 Å². The predicted molar refractivity (Wildman–Crippen MR) is 62.9 cm³/mol. The van der Waals surface area contributed by atoms with Crippen LogP contribution < -0.4 is 4.90 Å². The van der Waals surface area contributed by atoms with Crippen LogP contribution in [0.2, 0.25) is 5.02 Å². The Labute approximate surface area is 107 Å². The molecule has 2 nitrogen and oxygen atoms in total. The summed E-state index contributed by atoms with van der Waals surface area (Å²) in [6.45, 7) is 0.912. The van der Waals surface area contributed by atoms with Crippen LogP contribution in [0, 0.1) is 0 Å². The van der Waals surface area contributed by atoms with Gasteiger partial charge >= 0.3 is 6.18 Å². The number of ketones is 1. The number of hydrogen-bond donors (Lipinski definition) is 0. The molecule has 0 spiro atoms. The van der Waals surface area contributed by atoms with Crippen molar-refractivity contribution >= 4 is 23.1 Å². The number of alkyl halides is 3. The number of benzene rings is 1. The van der Waals surface area contributed by atoms with Gasteiger partial charge in [0.15, 0.2) is 0 Å². The average molecular weight is 278 g/mol. The molecule has 6 heteroatoms. The van der Waals surface area contributed by atoms with Gasteiger partial charge in [0.05, 0.1) is 10.6 Å². The zero-order chi connectivity index (χ0) is 13.3. The van der Waals surface area contributed by atoms with Crippen LogP contribution in [-0.4, -0.2) is 18.9 Å². The molecule has 1 aliphatic rings. The molecule has 1 aliphatic heterocycles. The number of carbonyl (C=O) groups excluding carboxylic acids is 1. The van der Waals surface area contributed by atoms with Crippen molar-refractivity contribution < 1.29 is 18.0 Å². The van der Waals surface area contributed by atoms with Crippen LogP contribution in [0.5, 0.6) is 0 Å². The van der Waals surface area contributed by atoms with E-state index >= 15 is 0 Å². The SMILES string of the molecule is O=C1CCN(c2ccc(Cl)c(C(F)(F)F)c2)CC1. The number of piperidine rings is 1. The van der Waals surface area contributed by atoms with Gasteiger partial charge in [-0.05, 0) is 18.2 Å². The first-order valence-corrected chi connectivity index (χ1v) is 5.89. The molecule has 2 rings (SSSR count). The van der Waals surface area contributed by atoms with E-state index in [0.717, 1.165) is 6.07 Å². The fourth-order valence-corrected chi connectivity index (χ4v) is 2.17. The fraction of sp³-hybridized carbons (Fsp3) is 0.417. The Hall–Kier alpha value is -1.23. The largest absolute Gasteiger partial charge is 0.417 e. The summed E-state index contributed by atoms with van der Waals surface area (Å²) in [5, 5.41) is -0.306. The zero-order valence-corrected chi connectivity index (χ0v) is 10.2. The van der Waals surface area contributed by atoms with Crippen molar-refractivity contribution in [3.05, 3.63) is 28.8 Å². The maximum atomic E-state index is 12.7. The van der Waals surface area contributed by atoms with E-state index in [0.29, 0.717) is 31.6 Å². The molecule has 1 fully saturated rings. The maximum absolute atomic E-state index is 12.7. The lowest BCUT2D eigenvalue weighted by Crippen LogP contribution is -2.33. The molecular formula is C12H11ClF3NO. The van der Waals surface area contributed by atoms with Crippen LogP contribution in [0.1, 0.15) is 18.4 Å². The molecule has 0 radical (unpaired) electrons. The fourth-order valence-electron chi connectivity index (χ4n) is 1.94. The Morgan fingerprint density at radius 2 is 1.78 bits per heavy atom. The third-order valence-corrected chi connectivity index (χ3v) is 3.27. The van der Waals surface area contributed by atoms with Gasteiger partial charge in [-0.3, -0.25) is 4.79 Å². The Morgan fingerprint density at radius 3 is 2.33 bits per heavy atom. The van der Waals surface area contributed by atoms with Crippen molar-refractivity contribution in [2.45, 2.75) is 19.0 Å². The van der Waals surface area contributed by atoms with E-state index < -0.39 is 11.7 Å². The molecule has 1 aromatic rings. The zero-order valence-electron chi connectivity index (χ0n) is 9.43. The highest BCUT2D eigenvalue weighted by Crippen LogP contribution is 2.37. The summed E-state index contributed by atoms with van der Waals surface area (Å²) >= 11 is 5.55. The molecule has 0 amide bonds. The van der Waals surface area contributed by atoms with Crippen molar-refractivity contribution in [3.8, 4) is 0 Å². The van der Waals surface area contributed by atoms with Crippen molar-refractivity contribution in [3.63, 3.8) is 0 Å². The lowest BCUT2D eigenvalue weighted by Gasteiger charge is -2.28. The lowest BCUT2D eigenvalue weighted by atomic mass is 10.1. The molecule has 1 aromatic carbocycles. The Kier molecular flexibility index (Phi) is 3.52. The topological polar surface area (TPSA) is 20.3 Å². The van der Waals surface area contributed by atoms with E-state index in [1.165, 1.54) is 6.07 Å². The second-order valence-corrected chi connectivity index (χ2v) is 4.59. The minimum atomic E-state index is -4.46. The summed E-state index contributed by atoms with van der Waals surface area (Å²) in [5.74, 6) is 0.149. The van der Waals surface area contributed by atoms with E-state index in [2.05, 4.69) is 0 Å². The second kappa shape index (κ2) is 4.80. The second-order valence-electron chi connectivity index (χ2n) is 4.19. The van der Waals surface area contributed by atoms with E-state index in [4.69, 9.17) is 11.6 Å². The van der Waals surface area contributed by atoms with Crippen LogP contribution in [0.15, 0.2) is 18.2 Å². The Bertz CT molecular complexity index is 463. The smallest absolute Gasteiger partial charge is 0.371 e. The first-order valence-electron chi connectivity index (χ1n) is 5.51. The number of anilines is 1. The molecule has 1 heterocycles. The molecule has 0 atom stereocenters. The summed E-state index contributed by atoms with van der Waals surface area (Å²) in [5.41, 5.74) is -0.377. The predicted octanol–water partition coefficient (Wildman–Crippen LogP) is 3.53. The molecular weight excluding hydrogens is 267 g/mol. The maximum Gasteiger partial charge on any atom is 0.417 e. The van der Waals surface area contributed by atoms with Crippen LogP contribution in [0.3, 0.4) is 0 Å². The van der Waals surface area contributed by atoms with E-state index in [9.17, 15) is 18.0 Å². The van der Waals surface area contributed by atoms with Gasteiger partial charge in [0.25, 0.3) is 0 Å². The van der Waals surface area contributed by atoms with Crippen LogP contribution in [-0.2, 0) is 11.0 Å². The molecule has 98 valence electrons. The van der Waals surface area contributed by atoms with Gasteiger partial charge in [-0.15, -0.1) is 0 Å². The number of hydrogen-bond acceptors (Lipinski definition) is 2. The Balaban J connectivity index is 2.27. The van der Waals surface area contributed by atoms with Crippen LogP contribution >= 0.6 is 11.6 Å². The number of nitrogens with zero attached hydrogens (tertiary/aromatic N) is 1. The van der Waals surface area contributed by atoms with Crippen LogP contribution in [0.4, 0.5) is 18.9 Å². The summed E-state index contributed by atoms with van der Waals surface area (Å²) in [7, 11) is 0. The van der Waals surface area contributed by atoms with Gasteiger partial charge in [0.1, 0.15) is 5.78 Å². The van der Waals surface area contributed by atoms with E-state index in [-0.39, 0.29) is 10.8 Å². The van der Waals surface area contributed by atoms with Crippen molar-refractivity contribution in [2.24, 2.45) is 0 Å². The molecule has 0 aromatic heterocycles. The van der Waals surface area contributed by atoms with Gasteiger partial charge in [-0.2, -0.15) is 13.2 Å². The number of rotatable bonds is 1. The molecule has 0 N–H and O–H groups in total. The van der Waals surface area contributed by atoms with Gasteiger partial charge in [-0.1, -0.05) is 11.6 Å². The van der Waals surface area contributed by atoms with Gasteiger partial charge in [0, 0.05) is 31.6 Å². The van der Waals surface area contributed by atoms with E-state index in [1.54, 1.807) is 11.0 Å². The highest BCUT2D eigenvalue weighted by molar-refractivity contribution is 6.31. The minimum Gasteiger partial charge on any atom is -0.371 e.